The molecule has 0 aliphatic rings. The molecule has 0 spiro atoms. The summed E-state index contributed by atoms with van der Waals surface area (Å²) in [6.45, 7) is 7.58. The first-order chi connectivity index (χ1) is 11.3. The van der Waals surface area contributed by atoms with E-state index in [4.69, 9.17) is 9.52 Å². The van der Waals surface area contributed by atoms with E-state index in [0.29, 0.717) is 25.8 Å². The van der Waals surface area contributed by atoms with Crippen molar-refractivity contribution < 1.29 is 23.4 Å². The highest BCUT2D eigenvalue weighted by atomic mass is 19.1. The van der Waals surface area contributed by atoms with Gasteiger partial charge in [-0.1, -0.05) is 13.2 Å². The summed E-state index contributed by atoms with van der Waals surface area (Å²) in [5, 5.41) is 21.1. The van der Waals surface area contributed by atoms with Gasteiger partial charge in [0.2, 0.25) is 5.82 Å². The Labute approximate surface area is 136 Å². The minimum atomic E-state index is -1.32. The van der Waals surface area contributed by atoms with Gasteiger partial charge in [0.25, 0.3) is 0 Å². The smallest absolute Gasteiger partial charge is 0.345 e. The van der Waals surface area contributed by atoms with Crippen LogP contribution in [0.25, 0.3) is 16.7 Å². The quantitative estimate of drug-likeness (QED) is 0.409. The second-order valence-corrected chi connectivity index (χ2v) is 5.32. The maximum atomic E-state index is 13.7. The van der Waals surface area contributed by atoms with E-state index in [-0.39, 0.29) is 22.4 Å². The molecule has 7 heteroatoms. The van der Waals surface area contributed by atoms with Crippen LogP contribution in [0.5, 0.6) is 5.75 Å². The van der Waals surface area contributed by atoms with Crippen LogP contribution >= 0.6 is 0 Å². The number of halogens is 2. The molecule has 0 saturated carbocycles. The van der Waals surface area contributed by atoms with Crippen LogP contribution in [0.15, 0.2) is 40.3 Å². The topological polar surface area (TPSA) is 82.7 Å². The van der Waals surface area contributed by atoms with Crippen LogP contribution < -0.4 is 10.9 Å². The van der Waals surface area contributed by atoms with Crippen LogP contribution in [-0.4, -0.2) is 16.8 Å². The molecule has 0 aliphatic heterocycles. The molecule has 0 atom stereocenters. The van der Waals surface area contributed by atoms with Gasteiger partial charge in [0.1, 0.15) is 0 Å². The Morgan fingerprint density at radius 3 is 2.62 bits per heavy atom. The van der Waals surface area contributed by atoms with Gasteiger partial charge in [0, 0.05) is 24.0 Å². The molecule has 0 saturated heterocycles. The molecule has 5 nitrogen and oxygen atoms in total. The van der Waals surface area contributed by atoms with E-state index < -0.39 is 28.6 Å². The average Bonchev–Trinajstić information content (AvgIpc) is 2.52. The molecule has 0 bridgehead atoms. The summed E-state index contributed by atoms with van der Waals surface area (Å²) < 4.78 is 32.0. The molecule has 2 rings (SSSR count). The highest BCUT2D eigenvalue weighted by molar-refractivity contribution is 5.82. The Morgan fingerprint density at radius 1 is 1.25 bits per heavy atom. The average molecular weight is 337 g/mol. The van der Waals surface area contributed by atoms with Gasteiger partial charge in [-0.15, -0.1) is 0 Å². The predicted molar refractivity (Wildman–Crippen MR) is 86.7 cm³/mol. The van der Waals surface area contributed by atoms with E-state index >= 15 is 0 Å². The fourth-order valence-electron chi connectivity index (χ4n) is 2.18. The van der Waals surface area contributed by atoms with Crippen molar-refractivity contribution in [3.05, 3.63) is 58.7 Å². The van der Waals surface area contributed by atoms with Crippen molar-refractivity contribution >= 4 is 16.7 Å². The zero-order valence-corrected chi connectivity index (χ0v) is 12.9. The minimum Gasteiger partial charge on any atom is -0.513 e. The van der Waals surface area contributed by atoms with Gasteiger partial charge in [-0.3, -0.25) is 0 Å². The second-order valence-electron chi connectivity index (χ2n) is 5.32. The van der Waals surface area contributed by atoms with Gasteiger partial charge in [0.15, 0.2) is 17.1 Å². The summed E-state index contributed by atoms with van der Waals surface area (Å²) in [6.07, 6.45) is 1.89. The van der Waals surface area contributed by atoms with Gasteiger partial charge in [-0.2, -0.15) is 4.39 Å². The number of hydrogen-bond acceptors (Lipinski definition) is 5. The standard InChI is InChI=1S/C17H17F2NO4/c1-9(21)5-3-4-6-20-10(2)12-7-11-8-13(18)15(22)14(19)16(11)24-17(12)23/h7-8,20-22H,1-6H2. The van der Waals surface area contributed by atoms with E-state index in [1.165, 1.54) is 6.07 Å². The summed E-state index contributed by atoms with van der Waals surface area (Å²) in [5.74, 6) is -3.56. The third kappa shape index (κ3) is 3.73. The number of phenolic OH excluding ortho intramolecular Hbond substituents is 1. The van der Waals surface area contributed by atoms with Crippen LogP contribution in [0.3, 0.4) is 0 Å². The number of aliphatic hydroxyl groups is 1. The van der Waals surface area contributed by atoms with Gasteiger partial charge in [-0.05, 0) is 25.0 Å². The third-order valence-corrected chi connectivity index (χ3v) is 3.45. The van der Waals surface area contributed by atoms with Gasteiger partial charge in [-0.25, -0.2) is 9.18 Å². The molecular weight excluding hydrogens is 320 g/mol. The SMILES string of the molecule is C=C(O)CCCCNC(=C)c1cc2cc(F)c(O)c(F)c2oc1=O. The molecule has 0 aliphatic carbocycles. The van der Waals surface area contributed by atoms with E-state index in [1.54, 1.807) is 0 Å². The van der Waals surface area contributed by atoms with Crippen LogP contribution in [0.2, 0.25) is 0 Å². The molecule has 0 amide bonds. The number of aliphatic hydroxyl groups excluding tert-OH is 1. The van der Waals surface area contributed by atoms with Crippen molar-refractivity contribution in [1.82, 2.24) is 5.32 Å². The van der Waals surface area contributed by atoms with Crippen LogP contribution in [0.4, 0.5) is 8.78 Å². The number of phenols is 1. The molecule has 2 aromatic rings. The van der Waals surface area contributed by atoms with Crippen molar-refractivity contribution in [2.75, 3.05) is 6.54 Å². The van der Waals surface area contributed by atoms with Crippen LogP contribution in [0.1, 0.15) is 24.8 Å². The fourth-order valence-corrected chi connectivity index (χ4v) is 2.18. The normalized spacial score (nSPS) is 10.8. The maximum Gasteiger partial charge on any atom is 0.345 e. The Bertz CT molecular complexity index is 858. The lowest BCUT2D eigenvalue weighted by Gasteiger charge is -2.10. The van der Waals surface area contributed by atoms with Crippen molar-refractivity contribution in [1.29, 1.82) is 0 Å². The van der Waals surface area contributed by atoms with Crippen LogP contribution in [0, 0.1) is 11.6 Å². The lowest BCUT2D eigenvalue weighted by atomic mass is 10.1. The summed E-state index contributed by atoms with van der Waals surface area (Å²) in [4.78, 5) is 11.9. The molecule has 1 aromatic carbocycles. The first-order valence-corrected chi connectivity index (χ1v) is 7.26. The summed E-state index contributed by atoms with van der Waals surface area (Å²) in [7, 11) is 0. The Kier molecular flexibility index (Phi) is 5.23. The number of allylic oxidation sites excluding steroid dienone is 1. The number of benzene rings is 1. The first-order valence-electron chi connectivity index (χ1n) is 7.26. The Hall–Kier alpha value is -2.83. The summed E-state index contributed by atoms with van der Waals surface area (Å²) in [6, 6.07) is 2.12. The second kappa shape index (κ2) is 7.16. The van der Waals surface area contributed by atoms with E-state index in [0.717, 1.165) is 6.07 Å². The number of rotatable bonds is 7. The first kappa shape index (κ1) is 17.5. The van der Waals surface area contributed by atoms with E-state index in [1.807, 2.05) is 0 Å². The minimum absolute atomic E-state index is 0.00284. The molecule has 128 valence electrons. The highest BCUT2D eigenvalue weighted by Gasteiger charge is 2.17. The molecule has 24 heavy (non-hydrogen) atoms. The zero-order chi connectivity index (χ0) is 17.9. The lowest BCUT2D eigenvalue weighted by molar-refractivity contribution is 0.385. The van der Waals surface area contributed by atoms with Gasteiger partial charge in [0.05, 0.1) is 11.3 Å². The van der Waals surface area contributed by atoms with Crippen molar-refractivity contribution in [2.24, 2.45) is 0 Å². The lowest BCUT2D eigenvalue weighted by Crippen LogP contribution is -2.18. The monoisotopic (exact) mass is 337 g/mol. The van der Waals surface area contributed by atoms with Crippen LogP contribution in [-0.2, 0) is 0 Å². The Balaban J connectivity index is 2.18. The highest BCUT2D eigenvalue weighted by Crippen LogP contribution is 2.28. The number of aromatic hydroxyl groups is 1. The molecule has 0 radical (unpaired) electrons. The van der Waals surface area contributed by atoms with E-state index in [2.05, 4.69) is 18.5 Å². The third-order valence-electron chi connectivity index (χ3n) is 3.45. The number of unbranched alkanes of at least 4 members (excludes halogenated alkanes) is 1. The largest absolute Gasteiger partial charge is 0.513 e. The molecule has 1 aromatic heterocycles. The summed E-state index contributed by atoms with van der Waals surface area (Å²) >= 11 is 0. The number of nitrogens with one attached hydrogen (secondary N) is 1. The number of hydrogen-bond donors (Lipinski definition) is 3. The molecular formula is C17H17F2NO4. The van der Waals surface area contributed by atoms with Crippen molar-refractivity contribution in [2.45, 2.75) is 19.3 Å². The van der Waals surface area contributed by atoms with E-state index in [9.17, 15) is 18.7 Å². The molecule has 0 unspecified atom stereocenters. The molecule has 0 fully saturated rings. The van der Waals surface area contributed by atoms with Crippen molar-refractivity contribution in [3.8, 4) is 5.75 Å². The Morgan fingerprint density at radius 2 is 1.96 bits per heavy atom. The van der Waals surface area contributed by atoms with Gasteiger partial charge < -0.3 is 19.9 Å². The van der Waals surface area contributed by atoms with Gasteiger partial charge >= 0.3 is 5.63 Å². The fraction of sp³-hybridized carbons (Fsp3) is 0.235. The predicted octanol–water partition coefficient (Wildman–Crippen LogP) is 3.58. The van der Waals surface area contributed by atoms with Crippen molar-refractivity contribution in [3.63, 3.8) is 0 Å². The maximum absolute atomic E-state index is 13.7. The molecule has 1 heterocycles. The molecule has 3 N–H and O–H groups in total. The summed E-state index contributed by atoms with van der Waals surface area (Å²) in [5.41, 5.74) is -1.08. The zero-order valence-electron chi connectivity index (χ0n) is 12.9. The number of fused-ring (bicyclic) bond motifs is 1.